The molecule has 0 radical (unpaired) electrons. The van der Waals surface area contributed by atoms with E-state index in [2.05, 4.69) is 16.3 Å². The zero-order valence-electron chi connectivity index (χ0n) is 17.6. The van der Waals surface area contributed by atoms with E-state index >= 15 is 0 Å². The minimum atomic E-state index is -0.278. The summed E-state index contributed by atoms with van der Waals surface area (Å²) in [6, 6.07) is 18.4. The van der Waals surface area contributed by atoms with Gasteiger partial charge in [-0.05, 0) is 52.9 Å². The van der Waals surface area contributed by atoms with E-state index in [4.69, 9.17) is 4.74 Å². The lowest BCUT2D eigenvalue weighted by Crippen LogP contribution is -2.35. The summed E-state index contributed by atoms with van der Waals surface area (Å²) in [6.07, 6.45) is 0. The molecule has 5 nitrogen and oxygen atoms in total. The van der Waals surface area contributed by atoms with Crippen molar-refractivity contribution in [1.82, 2.24) is 9.47 Å². The number of anilines is 1. The molecule has 164 valence electrons. The quantitative estimate of drug-likeness (QED) is 0.452. The molecule has 7 heteroatoms. The molecule has 1 fully saturated rings. The number of hydrogen-bond acceptors (Lipinski definition) is 4. The van der Waals surface area contributed by atoms with E-state index in [1.807, 2.05) is 46.3 Å². The molecule has 0 spiro atoms. The third-order valence-electron chi connectivity index (χ3n) is 5.68. The Bertz CT molecular complexity index is 1240. The highest BCUT2D eigenvalue weighted by Gasteiger charge is 2.18. The number of ether oxygens (including phenoxy) is 1. The van der Waals surface area contributed by atoms with Gasteiger partial charge in [0.1, 0.15) is 11.5 Å². The number of rotatable bonds is 6. The third-order valence-corrected chi connectivity index (χ3v) is 6.53. The van der Waals surface area contributed by atoms with Crippen molar-refractivity contribution in [2.24, 2.45) is 0 Å². The van der Waals surface area contributed by atoms with Crippen molar-refractivity contribution in [2.75, 3.05) is 31.6 Å². The SMILES string of the molecule is O=C(Nc1cccc(CN2CCOCC2)c1)c1cc2sccc2n1Cc1cccc(F)c1. The van der Waals surface area contributed by atoms with Crippen molar-refractivity contribution >= 4 is 33.1 Å². The number of fused-ring (bicyclic) bond motifs is 1. The van der Waals surface area contributed by atoms with Crippen LogP contribution in [0.25, 0.3) is 10.2 Å². The Hall–Kier alpha value is -3.00. The molecule has 2 aromatic heterocycles. The van der Waals surface area contributed by atoms with Gasteiger partial charge in [0.25, 0.3) is 5.91 Å². The number of thiophene rings is 1. The van der Waals surface area contributed by atoms with Crippen LogP contribution in [0.4, 0.5) is 10.1 Å². The molecule has 1 aliphatic rings. The number of carbonyl (C=O) groups excluding carboxylic acids is 1. The van der Waals surface area contributed by atoms with Gasteiger partial charge in [0.15, 0.2) is 0 Å². The van der Waals surface area contributed by atoms with Crippen molar-refractivity contribution in [2.45, 2.75) is 13.1 Å². The molecule has 0 bridgehead atoms. The molecule has 1 amide bonds. The monoisotopic (exact) mass is 449 g/mol. The van der Waals surface area contributed by atoms with Crippen LogP contribution >= 0.6 is 11.3 Å². The summed E-state index contributed by atoms with van der Waals surface area (Å²) in [7, 11) is 0. The second-order valence-corrected chi connectivity index (χ2v) is 8.91. The zero-order valence-corrected chi connectivity index (χ0v) is 18.4. The van der Waals surface area contributed by atoms with E-state index in [0.717, 1.165) is 59.9 Å². The summed E-state index contributed by atoms with van der Waals surface area (Å²) < 4.78 is 22.1. The van der Waals surface area contributed by atoms with Crippen molar-refractivity contribution < 1.29 is 13.9 Å². The van der Waals surface area contributed by atoms with Crippen LogP contribution in [0.15, 0.2) is 66.0 Å². The maximum absolute atomic E-state index is 13.7. The fraction of sp³-hybridized carbons (Fsp3) is 0.240. The molecule has 0 aliphatic carbocycles. The summed E-state index contributed by atoms with van der Waals surface area (Å²) >= 11 is 1.59. The fourth-order valence-corrected chi connectivity index (χ4v) is 4.94. The Morgan fingerprint density at radius 2 is 1.78 bits per heavy atom. The number of aromatic nitrogens is 1. The number of benzene rings is 2. The van der Waals surface area contributed by atoms with Gasteiger partial charge in [-0.3, -0.25) is 9.69 Å². The number of morpholine rings is 1. The summed E-state index contributed by atoms with van der Waals surface area (Å²) in [6.45, 7) is 4.62. The molecule has 5 rings (SSSR count). The van der Waals surface area contributed by atoms with Gasteiger partial charge in [-0.1, -0.05) is 24.3 Å². The molecular formula is C25H24FN3O2S. The Kier molecular flexibility index (Phi) is 6.03. The van der Waals surface area contributed by atoms with E-state index in [9.17, 15) is 9.18 Å². The highest BCUT2D eigenvalue weighted by molar-refractivity contribution is 7.17. The molecule has 2 aromatic carbocycles. The number of halogens is 1. The smallest absolute Gasteiger partial charge is 0.272 e. The minimum Gasteiger partial charge on any atom is -0.379 e. The van der Waals surface area contributed by atoms with E-state index in [1.54, 1.807) is 17.4 Å². The number of amides is 1. The summed E-state index contributed by atoms with van der Waals surface area (Å²) in [5.41, 5.74) is 4.28. The normalized spacial score (nSPS) is 14.7. The molecule has 1 aliphatic heterocycles. The summed E-state index contributed by atoms with van der Waals surface area (Å²) in [4.78, 5) is 15.6. The van der Waals surface area contributed by atoms with Crippen LogP contribution in [0, 0.1) is 5.82 Å². The Labute approximate surface area is 190 Å². The van der Waals surface area contributed by atoms with Crippen LogP contribution in [0.1, 0.15) is 21.6 Å². The predicted octanol–water partition coefficient (Wildman–Crippen LogP) is 4.97. The molecule has 0 atom stereocenters. The second kappa shape index (κ2) is 9.24. The van der Waals surface area contributed by atoms with Gasteiger partial charge in [-0.15, -0.1) is 11.3 Å². The average molecular weight is 450 g/mol. The first-order valence-electron chi connectivity index (χ1n) is 10.7. The van der Waals surface area contributed by atoms with Gasteiger partial charge in [-0.2, -0.15) is 0 Å². The van der Waals surface area contributed by atoms with Crippen LogP contribution in [0.3, 0.4) is 0 Å². The largest absolute Gasteiger partial charge is 0.379 e. The first-order chi connectivity index (χ1) is 15.7. The maximum atomic E-state index is 13.7. The minimum absolute atomic E-state index is 0.173. The van der Waals surface area contributed by atoms with Gasteiger partial charge in [0.05, 0.1) is 23.4 Å². The number of nitrogens with one attached hydrogen (secondary N) is 1. The van der Waals surface area contributed by atoms with Crippen molar-refractivity contribution in [3.8, 4) is 0 Å². The van der Waals surface area contributed by atoms with Crippen molar-refractivity contribution in [1.29, 1.82) is 0 Å². The van der Waals surface area contributed by atoms with E-state index in [-0.39, 0.29) is 11.7 Å². The lowest BCUT2D eigenvalue weighted by Gasteiger charge is -2.26. The summed E-state index contributed by atoms with van der Waals surface area (Å²) in [5, 5.41) is 5.06. The highest BCUT2D eigenvalue weighted by Crippen LogP contribution is 2.27. The molecule has 1 N–H and O–H groups in total. The van der Waals surface area contributed by atoms with Crippen LogP contribution in [-0.2, 0) is 17.8 Å². The van der Waals surface area contributed by atoms with E-state index in [0.29, 0.717) is 12.2 Å². The van der Waals surface area contributed by atoms with Crippen molar-refractivity contribution in [3.63, 3.8) is 0 Å². The zero-order chi connectivity index (χ0) is 21.9. The van der Waals surface area contributed by atoms with E-state index < -0.39 is 0 Å². The van der Waals surface area contributed by atoms with Gasteiger partial charge in [-0.25, -0.2) is 4.39 Å². The van der Waals surface area contributed by atoms with Gasteiger partial charge >= 0.3 is 0 Å². The number of hydrogen-bond donors (Lipinski definition) is 1. The molecule has 3 heterocycles. The Morgan fingerprint density at radius 3 is 2.59 bits per heavy atom. The van der Waals surface area contributed by atoms with Crippen molar-refractivity contribution in [3.05, 3.63) is 88.7 Å². The molecule has 0 unspecified atom stereocenters. The Balaban J connectivity index is 1.37. The average Bonchev–Trinajstić information content (AvgIpc) is 3.38. The molecule has 32 heavy (non-hydrogen) atoms. The van der Waals surface area contributed by atoms with Gasteiger partial charge < -0.3 is 14.6 Å². The maximum Gasteiger partial charge on any atom is 0.272 e. The first-order valence-corrected chi connectivity index (χ1v) is 11.6. The van der Waals surface area contributed by atoms with Gasteiger partial charge in [0.2, 0.25) is 0 Å². The fourth-order valence-electron chi connectivity index (χ4n) is 4.11. The van der Waals surface area contributed by atoms with Gasteiger partial charge in [0, 0.05) is 31.9 Å². The molecule has 1 saturated heterocycles. The second-order valence-electron chi connectivity index (χ2n) is 7.96. The van der Waals surface area contributed by atoms with Crippen LogP contribution < -0.4 is 5.32 Å². The number of nitrogens with zero attached hydrogens (tertiary/aromatic N) is 2. The lowest BCUT2D eigenvalue weighted by molar-refractivity contribution is 0.0342. The Morgan fingerprint density at radius 1 is 1.00 bits per heavy atom. The van der Waals surface area contributed by atoms with Crippen LogP contribution in [-0.4, -0.2) is 41.7 Å². The summed E-state index contributed by atoms with van der Waals surface area (Å²) in [5.74, 6) is -0.451. The molecular weight excluding hydrogens is 425 g/mol. The third kappa shape index (κ3) is 4.60. The lowest BCUT2D eigenvalue weighted by atomic mass is 10.1. The van der Waals surface area contributed by atoms with Crippen LogP contribution in [0.5, 0.6) is 0 Å². The number of carbonyl (C=O) groups is 1. The standard InChI is InChI=1S/C25H24FN3O2S/c26-20-5-1-3-18(13-20)17-29-22-7-12-32-24(22)15-23(29)25(30)27-21-6-2-4-19(14-21)16-28-8-10-31-11-9-28/h1-7,12-15H,8-11,16-17H2,(H,27,30). The highest BCUT2D eigenvalue weighted by atomic mass is 32.1. The molecule has 4 aromatic rings. The topological polar surface area (TPSA) is 46.5 Å². The molecule has 0 saturated carbocycles. The predicted molar refractivity (Wildman–Crippen MR) is 126 cm³/mol. The van der Waals surface area contributed by atoms with E-state index in [1.165, 1.54) is 12.1 Å². The van der Waals surface area contributed by atoms with Crippen LogP contribution in [0.2, 0.25) is 0 Å². The first kappa shape index (κ1) is 20.9.